The second-order valence-corrected chi connectivity index (χ2v) is 3.74. The predicted molar refractivity (Wildman–Crippen MR) is 56.9 cm³/mol. The molecule has 0 unspecified atom stereocenters. The molecular weight excluding hydrogens is 178 g/mol. The van der Waals surface area contributed by atoms with E-state index in [1.165, 1.54) is 6.08 Å². The molecule has 1 aliphatic rings. The zero-order valence-electron chi connectivity index (χ0n) is 8.78. The lowest BCUT2D eigenvalue weighted by molar-refractivity contribution is -0.113. The SMILES string of the molecule is CN1CCN(CCC=CC(N)=O)CC1. The summed E-state index contributed by atoms with van der Waals surface area (Å²) in [5.74, 6) is -0.358. The molecule has 1 aliphatic heterocycles. The van der Waals surface area contributed by atoms with Gasteiger partial charge in [0.15, 0.2) is 0 Å². The summed E-state index contributed by atoms with van der Waals surface area (Å²) in [4.78, 5) is 15.1. The van der Waals surface area contributed by atoms with Crippen LogP contribution in [0.2, 0.25) is 0 Å². The number of hydrogen-bond acceptors (Lipinski definition) is 3. The monoisotopic (exact) mass is 197 g/mol. The Hall–Kier alpha value is -0.870. The lowest BCUT2D eigenvalue weighted by Gasteiger charge is -2.31. The van der Waals surface area contributed by atoms with Crippen molar-refractivity contribution in [2.24, 2.45) is 5.73 Å². The molecule has 0 aromatic carbocycles. The molecule has 1 saturated heterocycles. The van der Waals surface area contributed by atoms with Gasteiger partial charge >= 0.3 is 0 Å². The van der Waals surface area contributed by atoms with E-state index in [4.69, 9.17) is 5.73 Å². The smallest absolute Gasteiger partial charge is 0.241 e. The highest BCUT2D eigenvalue weighted by atomic mass is 16.1. The zero-order chi connectivity index (χ0) is 10.4. The van der Waals surface area contributed by atoms with Crippen LogP contribution in [-0.2, 0) is 4.79 Å². The van der Waals surface area contributed by atoms with Crippen LogP contribution in [0.5, 0.6) is 0 Å². The Bertz CT molecular complexity index is 207. The van der Waals surface area contributed by atoms with Gasteiger partial charge in [-0.15, -0.1) is 0 Å². The minimum Gasteiger partial charge on any atom is -0.366 e. The van der Waals surface area contributed by atoms with Crippen LogP contribution in [0.1, 0.15) is 6.42 Å². The summed E-state index contributed by atoms with van der Waals surface area (Å²) in [6.45, 7) is 5.55. The van der Waals surface area contributed by atoms with Gasteiger partial charge in [-0.3, -0.25) is 4.79 Å². The molecule has 1 rings (SSSR count). The van der Waals surface area contributed by atoms with Crippen molar-refractivity contribution < 1.29 is 4.79 Å². The molecular formula is C10H19N3O. The van der Waals surface area contributed by atoms with E-state index in [-0.39, 0.29) is 5.91 Å². The first-order valence-corrected chi connectivity index (χ1v) is 5.05. The van der Waals surface area contributed by atoms with E-state index >= 15 is 0 Å². The van der Waals surface area contributed by atoms with Gasteiger partial charge in [-0.05, 0) is 19.5 Å². The first kappa shape index (κ1) is 11.2. The van der Waals surface area contributed by atoms with Gasteiger partial charge in [0.05, 0.1) is 0 Å². The molecule has 0 spiro atoms. The lowest BCUT2D eigenvalue weighted by Crippen LogP contribution is -2.44. The van der Waals surface area contributed by atoms with Gasteiger partial charge in [-0.2, -0.15) is 0 Å². The van der Waals surface area contributed by atoms with Gasteiger partial charge in [0.2, 0.25) is 5.91 Å². The first-order chi connectivity index (χ1) is 6.68. The molecule has 0 radical (unpaired) electrons. The van der Waals surface area contributed by atoms with Crippen molar-refractivity contribution in [2.45, 2.75) is 6.42 Å². The normalized spacial score (nSPS) is 20.4. The van der Waals surface area contributed by atoms with Crippen molar-refractivity contribution in [3.8, 4) is 0 Å². The summed E-state index contributed by atoms with van der Waals surface area (Å²) in [5.41, 5.74) is 4.98. The topological polar surface area (TPSA) is 49.6 Å². The summed E-state index contributed by atoms with van der Waals surface area (Å²) in [6.07, 6.45) is 4.20. The number of carbonyl (C=O) groups is 1. The van der Waals surface area contributed by atoms with E-state index in [1.54, 1.807) is 0 Å². The minimum absolute atomic E-state index is 0.358. The maximum absolute atomic E-state index is 10.4. The van der Waals surface area contributed by atoms with Crippen molar-refractivity contribution in [1.29, 1.82) is 0 Å². The third-order valence-corrected chi connectivity index (χ3v) is 2.49. The molecule has 14 heavy (non-hydrogen) atoms. The molecule has 0 bridgehead atoms. The second-order valence-electron chi connectivity index (χ2n) is 3.74. The molecule has 1 fully saturated rings. The van der Waals surface area contributed by atoms with E-state index in [0.717, 1.165) is 39.1 Å². The summed E-state index contributed by atoms with van der Waals surface area (Å²) in [7, 11) is 2.14. The molecule has 1 heterocycles. The average Bonchev–Trinajstić information content (AvgIpc) is 2.15. The molecule has 4 nitrogen and oxygen atoms in total. The van der Waals surface area contributed by atoms with Gasteiger partial charge in [-0.1, -0.05) is 6.08 Å². The van der Waals surface area contributed by atoms with E-state index < -0.39 is 0 Å². The van der Waals surface area contributed by atoms with Gasteiger partial charge in [0, 0.05) is 32.7 Å². The van der Waals surface area contributed by atoms with Crippen LogP contribution >= 0.6 is 0 Å². The van der Waals surface area contributed by atoms with Gasteiger partial charge in [-0.25, -0.2) is 0 Å². The van der Waals surface area contributed by atoms with Crippen molar-refractivity contribution in [3.05, 3.63) is 12.2 Å². The maximum atomic E-state index is 10.4. The Morgan fingerprint density at radius 1 is 1.36 bits per heavy atom. The summed E-state index contributed by atoms with van der Waals surface area (Å²) >= 11 is 0. The molecule has 0 atom stereocenters. The zero-order valence-corrected chi connectivity index (χ0v) is 8.78. The highest BCUT2D eigenvalue weighted by molar-refractivity contribution is 5.85. The average molecular weight is 197 g/mol. The number of carbonyl (C=O) groups excluding carboxylic acids is 1. The van der Waals surface area contributed by atoms with Crippen LogP contribution in [0.4, 0.5) is 0 Å². The Labute approximate surface area is 85.3 Å². The number of likely N-dealkylation sites (N-methyl/N-ethyl adjacent to an activating group) is 1. The molecule has 0 aromatic rings. The van der Waals surface area contributed by atoms with E-state index in [9.17, 15) is 4.79 Å². The molecule has 0 aliphatic carbocycles. The van der Waals surface area contributed by atoms with Gasteiger partial charge in [0.25, 0.3) is 0 Å². The molecule has 4 heteroatoms. The van der Waals surface area contributed by atoms with E-state index in [1.807, 2.05) is 6.08 Å². The second kappa shape index (κ2) is 5.78. The fourth-order valence-corrected chi connectivity index (χ4v) is 1.53. The summed E-state index contributed by atoms with van der Waals surface area (Å²) < 4.78 is 0. The Kier molecular flexibility index (Phi) is 4.62. The largest absolute Gasteiger partial charge is 0.366 e. The maximum Gasteiger partial charge on any atom is 0.241 e. The Morgan fingerprint density at radius 2 is 2.00 bits per heavy atom. The summed E-state index contributed by atoms with van der Waals surface area (Å²) in [5, 5.41) is 0. The van der Waals surface area contributed by atoms with Crippen LogP contribution in [0.25, 0.3) is 0 Å². The number of hydrogen-bond donors (Lipinski definition) is 1. The highest BCUT2D eigenvalue weighted by Gasteiger charge is 2.11. The van der Waals surface area contributed by atoms with Crippen molar-refractivity contribution in [2.75, 3.05) is 39.8 Å². The molecule has 2 N–H and O–H groups in total. The molecule has 0 saturated carbocycles. The predicted octanol–water partition coefficient (Wildman–Crippen LogP) is -0.335. The Balaban J connectivity index is 2.10. The standard InChI is InChI=1S/C10H19N3O/c1-12-6-8-13(9-7-12)5-3-2-4-10(11)14/h2,4H,3,5-9H2,1H3,(H2,11,14). The highest BCUT2D eigenvalue weighted by Crippen LogP contribution is 2.00. The van der Waals surface area contributed by atoms with Gasteiger partial charge < -0.3 is 15.5 Å². The van der Waals surface area contributed by atoms with Crippen LogP contribution in [0, 0.1) is 0 Å². The van der Waals surface area contributed by atoms with Crippen LogP contribution in [-0.4, -0.2) is 55.5 Å². The number of nitrogens with zero attached hydrogens (tertiary/aromatic N) is 2. The fourth-order valence-electron chi connectivity index (χ4n) is 1.53. The first-order valence-electron chi connectivity index (χ1n) is 5.05. The minimum atomic E-state index is -0.358. The molecule has 0 aromatic heterocycles. The van der Waals surface area contributed by atoms with Crippen LogP contribution in [0.3, 0.4) is 0 Å². The third-order valence-electron chi connectivity index (χ3n) is 2.49. The van der Waals surface area contributed by atoms with Crippen molar-refractivity contribution in [1.82, 2.24) is 9.80 Å². The van der Waals surface area contributed by atoms with Gasteiger partial charge in [0.1, 0.15) is 0 Å². The van der Waals surface area contributed by atoms with Crippen molar-refractivity contribution in [3.63, 3.8) is 0 Å². The number of nitrogens with two attached hydrogens (primary N) is 1. The van der Waals surface area contributed by atoms with Crippen LogP contribution < -0.4 is 5.73 Å². The number of rotatable bonds is 4. The summed E-state index contributed by atoms with van der Waals surface area (Å²) in [6, 6.07) is 0. The fraction of sp³-hybridized carbons (Fsp3) is 0.700. The number of amides is 1. The van der Waals surface area contributed by atoms with E-state index in [2.05, 4.69) is 16.8 Å². The number of primary amides is 1. The third kappa shape index (κ3) is 4.39. The van der Waals surface area contributed by atoms with Crippen LogP contribution in [0.15, 0.2) is 12.2 Å². The number of piperazine rings is 1. The van der Waals surface area contributed by atoms with E-state index in [0.29, 0.717) is 0 Å². The quantitative estimate of drug-likeness (QED) is 0.628. The molecule has 80 valence electrons. The lowest BCUT2D eigenvalue weighted by atomic mass is 10.3. The van der Waals surface area contributed by atoms with Crippen molar-refractivity contribution >= 4 is 5.91 Å². The molecule has 1 amide bonds. The Morgan fingerprint density at radius 3 is 2.57 bits per heavy atom.